The van der Waals surface area contributed by atoms with Crippen LogP contribution in [0.25, 0.3) is 11.0 Å². The fraction of sp³-hybridized carbons (Fsp3) is 0. The Morgan fingerprint density at radius 1 is 1.42 bits per heavy atom. The zero-order valence-electron chi connectivity index (χ0n) is 5.76. The molecule has 0 unspecified atom stereocenters. The van der Waals surface area contributed by atoms with E-state index in [1.165, 1.54) is 6.07 Å². The van der Waals surface area contributed by atoms with Crippen LogP contribution < -0.4 is 0 Å². The summed E-state index contributed by atoms with van der Waals surface area (Å²) in [7, 11) is 0. The van der Waals surface area contributed by atoms with Crippen LogP contribution in [0, 0.1) is 4.91 Å². The second-order valence-electron chi connectivity index (χ2n) is 2.16. The zero-order chi connectivity index (χ0) is 8.55. The van der Waals surface area contributed by atoms with Crippen LogP contribution in [0.1, 0.15) is 0 Å². The molecule has 1 N–H and O–H groups in total. The Hall–Kier alpha value is -1.26. The number of phenolic OH excluding ortho intramolecular Hbond substituents is 1. The third kappa shape index (κ3) is 0.929. The summed E-state index contributed by atoms with van der Waals surface area (Å²) in [6.07, 6.45) is 0. The molecule has 0 atom stereocenters. The molecular weight excluding hydrogens is 225 g/mol. The maximum absolute atomic E-state index is 10.3. The van der Waals surface area contributed by atoms with E-state index in [0.717, 1.165) is 0 Å². The molecule has 0 saturated heterocycles. The Balaban J connectivity index is 2.91. The molecule has 5 nitrogen and oxygen atoms in total. The number of fused-ring (bicyclic) bond motifs is 1. The van der Waals surface area contributed by atoms with Gasteiger partial charge < -0.3 is 0 Å². The Labute approximate surface area is 73.2 Å². The van der Waals surface area contributed by atoms with Gasteiger partial charge in [-0.05, 0) is 0 Å². The predicted molar refractivity (Wildman–Crippen MR) is 43.6 cm³/mol. The number of nitrogens with zero attached hydrogens (tertiary/aromatic N) is 3. The molecule has 12 heavy (non-hydrogen) atoms. The van der Waals surface area contributed by atoms with Crippen LogP contribution in [-0.4, -0.2) is 28.0 Å². The molecular formula is C6H3N3O2Se. The summed E-state index contributed by atoms with van der Waals surface area (Å²) >= 11 is -0.199. The number of benzene rings is 1. The summed E-state index contributed by atoms with van der Waals surface area (Å²) < 4.78 is 8.01. The van der Waals surface area contributed by atoms with Crippen molar-refractivity contribution in [2.75, 3.05) is 0 Å². The topological polar surface area (TPSA) is 75.4 Å². The third-order valence-electron chi connectivity index (χ3n) is 1.47. The minimum absolute atomic E-state index is 0.00405. The summed E-state index contributed by atoms with van der Waals surface area (Å²) in [6.45, 7) is 0. The van der Waals surface area contributed by atoms with Crippen molar-refractivity contribution in [2.45, 2.75) is 0 Å². The van der Waals surface area contributed by atoms with Crippen molar-refractivity contribution in [3.8, 4) is 5.75 Å². The Morgan fingerprint density at radius 3 is 3.00 bits per heavy atom. The number of rotatable bonds is 1. The molecule has 6 heteroatoms. The van der Waals surface area contributed by atoms with Gasteiger partial charge in [0.05, 0.1) is 0 Å². The van der Waals surface area contributed by atoms with Crippen molar-refractivity contribution in [3.63, 3.8) is 0 Å². The first-order valence-electron chi connectivity index (χ1n) is 3.10. The van der Waals surface area contributed by atoms with Crippen LogP contribution in [0.3, 0.4) is 0 Å². The van der Waals surface area contributed by atoms with E-state index in [-0.39, 0.29) is 26.4 Å². The van der Waals surface area contributed by atoms with Crippen LogP contribution in [0.4, 0.5) is 5.69 Å². The summed E-state index contributed by atoms with van der Waals surface area (Å²) in [6, 6.07) is 3.02. The van der Waals surface area contributed by atoms with Crippen molar-refractivity contribution < 1.29 is 5.11 Å². The van der Waals surface area contributed by atoms with E-state index in [1.807, 2.05) is 0 Å². The minimum atomic E-state index is -0.199. The molecule has 0 bridgehead atoms. The van der Waals surface area contributed by atoms with E-state index < -0.39 is 0 Å². The molecule has 0 amide bonds. The van der Waals surface area contributed by atoms with Crippen molar-refractivity contribution >= 4 is 31.7 Å². The number of hydrogen-bond acceptors (Lipinski definition) is 5. The van der Waals surface area contributed by atoms with Gasteiger partial charge >= 0.3 is 72.7 Å². The number of hydrogen-bond donors (Lipinski definition) is 1. The predicted octanol–water partition coefficient (Wildman–Crippen LogP) is 0.790. The first-order chi connectivity index (χ1) is 5.83. The molecule has 0 aliphatic carbocycles. The first-order valence-corrected chi connectivity index (χ1v) is 4.64. The molecule has 0 aliphatic rings. The second-order valence-corrected chi connectivity index (χ2v) is 3.27. The normalized spacial score (nSPS) is 10.3. The van der Waals surface area contributed by atoms with Crippen LogP contribution in [-0.2, 0) is 0 Å². The Bertz CT molecular complexity index is 439. The van der Waals surface area contributed by atoms with Crippen LogP contribution >= 0.6 is 0 Å². The van der Waals surface area contributed by atoms with Gasteiger partial charge in [0.2, 0.25) is 0 Å². The summed E-state index contributed by atoms with van der Waals surface area (Å²) in [4.78, 5) is 10.3. The Morgan fingerprint density at radius 2 is 2.25 bits per heavy atom. The molecule has 0 radical (unpaired) electrons. The molecule has 1 heterocycles. The van der Waals surface area contributed by atoms with Crippen LogP contribution in [0.2, 0.25) is 0 Å². The standard InChI is InChI=1S/C6H3N3O2Se/c10-4-2-1-3-5(6(4)7-11)9-12-8-3/h1-2,10H. The summed E-state index contributed by atoms with van der Waals surface area (Å²) in [5.41, 5.74) is 1.06. The monoisotopic (exact) mass is 229 g/mol. The van der Waals surface area contributed by atoms with Gasteiger partial charge in [-0.15, -0.1) is 0 Å². The summed E-state index contributed by atoms with van der Waals surface area (Å²) in [5.74, 6) is -0.139. The Kier molecular flexibility index (Phi) is 1.64. The first kappa shape index (κ1) is 7.39. The van der Waals surface area contributed by atoms with Crippen LogP contribution in [0.5, 0.6) is 5.75 Å². The second kappa shape index (κ2) is 2.65. The molecule has 2 aromatic rings. The van der Waals surface area contributed by atoms with Gasteiger partial charge in [-0.25, -0.2) is 0 Å². The van der Waals surface area contributed by atoms with E-state index in [9.17, 15) is 10.0 Å². The average Bonchev–Trinajstić information content (AvgIpc) is 2.52. The molecule has 1 aromatic carbocycles. The van der Waals surface area contributed by atoms with E-state index in [0.29, 0.717) is 11.0 Å². The zero-order valence-corrected chi connectivity index (χ0v) is 7.47. The van der Waals surface area contributed by atoms with Crippen molar-refractivity contribution in [1.29, 1.82) is 0 Å². The van der Waals surface area contributed by atoms with Crippen molar-refractivity contribution in [2.24, 2.45) is 5.18 Å². The number of aromatic nitrogens is 2. The molecule has 1 aromatic heterocycles. The van der Waals surface area contributed by atoms with Crippen molar-refractivity contribution in [3.05, 3.63) is 17.0 Å². The molecule has 0 aliphatic heterocycles. The van der Waals surface area contributed by atoms with E-state index in [2.05, 4.69) is 13.1 Å². The molecule has 0 spiro atoms. The van der Waals surface area contributed by atoms with Gasteiger partial charge in [-0.3, -0.25) is 0 Å². The van der Waals surface area contributed by atoms with Gasteiger partial charge in [0, 0.05) is 0 Å². The van der Waals surface area contributed by atoms with Gasteiger partial charge in [-0.2, -0.15) is 0 Å². The SMILES string of the molecule is O=Nc1c(O)ccc2n[se]nc12. The van der Waals surface area contributed by atoms with E-state index in [4.69, 9.17) is 0 Å². The fourth-order valence-electron chi connectivity index (χ4n) is 0.917. The molecule has 0 saturated carbocycles. The van der Waals surface area contributed by atoms with Gasteiger partial charge in [-0.1, -0.05) is 0 Å². The number of nitroso groups, excluding NO2 is 1. The average molecular weight is 228 g/mol. The molecule has 2 rings (SSSR count). The fourth-order valence-corrected chi connectivity index (χ4v) is 2.05. The maximum atomic E-state index is 10.3. The quantitative estimate of drug-likeness (QED) is 0.578. The van der Waals surface area contributed by atoms with Gasteiger partial charge in [0.1, 0.15) is 0 Å². The van der Waals surface area contributed by atoms with E-state index >= 15 is 0 Å². The van der Waals surface area contributed by atoms with E-state index in [1.54, 1.807) is 6.07 Å². The molecule has 0 fully saturated rings. The van der Waals surface area contributed by atoms with Gasteiger partial charge in [0.25, 0.3) is 0 Å². The van der Waals surface area contributed by atoms with Crippen LogP contribution in [0.15, 0.2) is 17.3 Å². The number of phenols is 1. The van der Waals surface area contributed by atoms with Gasteiger partial charge in [0.15, 0.2) is 0 Å². The van der Waals surface area contributed by atoms with Crippen molar-refractivity contribution in [1.82, 2.24) is 7.96 Å². The number of aromatic hydroxyl groups is 1. The molecule has 60 valence electrons. The third-order valence-corrected chi connectivity index (χ3v) is 2.61. The summed E-state index contributed by atoms with van der Waals surface area (Å²) in [5, 5.41) is 11.9.